The Hall–Kier alpha value is -1.15. The minimum Gasteiger partial charge on any atom is -0.354 e. The first-order chi connectivity index (χ1) is 6.76. The molecule has 0 aromatic heterocycles. The predicted octanol–water partition coefficient (Wildman–Crippen LogP) is 3.71. The Morgan fingerprint density at radius 3 is 2.29 bits per heavy atom. The highest BCUT2D eigenvalue weighted by Crippen LogP contribution is 2.36. The molecule has 0 saturated heterocycles. The van der Waals surface area contributed by atoms with Crippen LogP contribution in [0.2, 0.25) is 0 Å². The summed E-state index contributed by atoms with van der Waals surface area (Å²) in [6, 6.07) is 0. The molecular weight excluding hydrogens is 190 g/mol. The highest BCUT2D eigenvalue weighted by molar-refractivity contribution is 8.07. The maximum atomic E-state index is 3.79. The van der Waals surface area contributed by atoms with Gasteiger partial charge in [0.15, 0.2) is 0 Å². The zero-order valence-electron chi connectivity index (χ0n) is 8.63. The summed E-state index contributed by atoms with van der Waals surface area (Å²) in [5.74, 6) is 0. The fraction of sp³-hybridized carbons (Fsp3) is 0.167. The van der Waals surface area contributed by atoms with Crippen molar-refractivity contribution in [3.05, 3.63) is 58.7 Å². The Labute approximate surface area is 90.0 Å². The van der Waals surface area contributed by atoms with Crippen LogP contribution in [0.25, 0.3) is 0 Å². The molecule has 74 valence electrons. The molecule has 0 atom stereocenters. The molecule has 2 heteroatoms. The minimum absolute atomic E-state index is 1.03. The van der Waals surface area contributed by atoms with Crippen LogP contribution in [-0.4, -0.2) is 0 Å². The molecule has 1 heterocycles. The molecule has 0 spiro atoms. The van der Waals surface area contributed by atoms with Gasteiger partial charge in [0.25, 0.3) is 0 Å². The van der Waals surface area contributed by atoms with Crippen LogP contribution in [0.5, 0.6) is 0 Å². The van der Waals surface area contributed by atoms with E-state index in [4.69, 9.17) is 0 Å². The van der Waals surface area contributed by atoms with Crippen molar-refractivity contribution in [1.29, 1.82) is 0 Å². The van der Waals surface area contributed by atoms with Gasteiger partial charge in [-0.05, 0) is 19.9 Å². The van der Waals surface area contributed by atoms with E-state index in [0.717, 1.165) is 16.3 Å². The molecule has 0 saturated carbocycles. The molecule has 1 aliphatic heterocycles. The van der Waals surface area contributed by atoms with Crippen molar-refractivity contribution in [3.8, 4) is 0 Å². The number of thioether (sulfide) groups is 1. The van der Waals surface area contributed by atoms with Crippen LogP contribution >= 0.6 is 11.8 Å². The van der Waals surface area contributed by atoms with Gasteiger partial charge in [-0.3, -0.25) is 0 Å². The largest absolute Gasteiger partial charge is 0.354 e. The van der Waals surface area contributed by atoms with E-state index >= 15 is 0 Å². The summed E-state index contributed by atoms with van der Waals surface area (Å²) >= 11 is 1.72. The van der Waals surface area contributed by atoms with Crippen molar-refractivity contribution in [2.45, 2.75) is 13.8 Å². The third kappa shape index (κ3) is 2.02. The van der Waals surface area contributed by atoms with E-state index in [2.05, 4.69) is 30.6 Å². The van der Waals surface area contributed by atoms with Gasteiger partial charge in [0, 0.05) is 15.5 Å². The zero-order valence-corrected chi connectivity index (χ0v) is 9.45. The Bertz CT molecular complexity index is 311. The zero-order chi connectivity index (χ0) is 10.6. The summed E-state index contributed by atoms with van der Waals surface area (Å²) in [4.78, 5) is 2.35. The third-order valence-electron chi connectivity index (χ3n) is 1.96. The first-order valence-corrected chi connectivity index (χ1v) is 5.35. The Kier molecular flexibility index (Phi) is 3.84. The van der Waals surface area contributed by atoms with Gasteiger partial charge in [0.2, 0.25) is 0 Å². The van der Waals surface area contributed by atoms with Gasteiger partial charge in [-0.1, -0.05) is 43.1 Å². The summed E-state index contributed by atoms with van der Waals surface area (Å²) in [5, 5.41) is 3.32. The van der Waals surface area contributed by atoms with Gasteiger partial charge in [-0.15, -0.1) is 0 Å². The van der Waals surface area contributed by atoms with E-state index in [1.54, 1.807) is 11.8 Å². The second-order valence-electron chi connectivity index (χ2n) is 2.77. The van der Waals surface area contributed by atoms with E-state index in [-0.39, 0.29) is 0 Å². The normalized spacial score (nSPS) is 22.4. The summed E-state index contributed by atoms with van der Waals surface area (Å²) in [5.41, 5.74) is 2.17. The van der Waals surface area contributed by atoms with Gasteiger partial charge in [0.1, 0.15) is 0 Å². The molecule has 1 N–H and O–H groups in total. The minimum atomic E-state index is 1.03. The summed E-state index contributed by atoms with van der Waals surface area (Å²) in [6.45, 7) is 11.6. The molecule has 1 aliphatic rings. The van der Waals surface area contributed by atoms with Gasteiger partial charge >= 0.3 is 0 Å². The monoisotopic (exact) mass is 205 g/mol. The first kappa shape index (κ1) is 10.9. The number of hydrogen-bond acceptors (Lipinski definition) is 2. The van der Waals surface area contributed by atoms with Crippen molar-refractivity contribution < 1.29 is 0 Å². The van der Waals surface area contributed by atoms with Gasteiger partial charge in [-0.25, -0.2) is 0 Å². The lowest BCUT2D eigenvalue weighted by Crippen LogP contribution is -2.17. The number of hydrogen-bond donors (Lipinski definition) is 1. The van der Waals surface area contributed by atoms with Gasteiger partial charge in [-0.2, -0.15) is 0 Å². The lowest BCUT2D eigenvalue weighted by atomic mass is 10.3. The molecule has 0 fully saturated rings. The second kappa shape index (κ2) is 4.91. The van der Waals surface area contributed by atoms with E-state index in [9.17, 15) is 0 Å². The van der Waals surface area contributed by atoms with Crippen molar-refractivity contribution in [2.24, 2.45) is 0 Å². The Balaban J connectivity index is 3.14. The summed E-state index contributed by atoms with van der Waals surface area (Å²) in [6.07, 6.45) is 7.83. The molecule has 0 bridgehead atoms. The smallest absolute Gasteiger partial charge is 0.0520 e. The molecule has 1 nitrogen and oxygen atoms in total. The molecular formula is C12H15NS. The Morgan fingerprint density at radius 2 is 1.86 bits per heavy atom. The predicted molar refractivity (Wildman–Crippen MR) is 65.7 cm³/mol. The Morgan fingerprint density at radius 1 is 1.14 bits per heavy atom. The van der Waals surface area contributed by atoms with Crippen LogP contribution in [0.15, 0.2) is 58.7 Å². The topological polar surface area (TPSA) is 12.0 Å². The number of rotatable bonds is 2. The highest BCUT2D eigenvalue weighted by Gasteiger charge is 2.15. The van der Waals surface area contributed by atoms with E-state index < -0.39 is 0 Å². The molecule has 0 unspecified atom stereocenters. The SMILES string of the molecule is C=CC1=C(C=C)SC(=C/C)/C(=C\C)N1. The first-order valence-electron chi connectivity index (χ1n) is 4.53. The van der Waals surface area contributed by atoms with Crippen molar-refractivity contribution in [2.75, 3.05) is 0 Å². The standard InChI is InChI=1S/C12H15NS/c1-5-9-11(7-3)14-12(8-4)10(6-2)13-9/h5-8,13H,1,3H2,2,4H3/b10-6+,12-8+. The maximum absolute atomic E-state index is 3.79. The lowest BCUT2D eigenvalue weighted by Gasteiger charge is -2.22. The van der Waals surface area contributed by atoms with Gasteiger partial charge < -0.3 is 5.32 Å². The van der Waals surface area contributed by atoms with Crippen LogP contribution in [0.3, 0.4) is 0 Å². The fourth-order valence-corrected chi connectivity index (χ4v) is 2.19. The molecule has 1 rings (SSSR count). The molecule has 0 aromatic carbocycles. The molecule has 0 aromatic rings. The average Bonchev–Trinajstić information content (AvgIpc) is 2.26. The summed E-state index contributed by atoms with van der Waals surface area (Å²) in [7, 11) is 0. The van der Waals surface area contributed by atoms with Crippen LogP contribution in [0.4, 0.5) is 0 Å². The molecule has 0 amide bonds. The molecule has 0 aliphatic carbocycles. The molecule has 14 heavy (non-hydrogen) atoms. The maximum Gasteiger partial charge on any atom is 0.0520 e. The second-order valence-corrected chi connectivity index (χ2v) is 3.85. The molecule has 0 radical (unpaired) electrons. The number of nitrogens with one attached hydrogen (secondary N) is 1. The van der Waals surface area contributed by atoms with E-state index in [1.165, 1.54) is 4.91 Å². The van der Waals surface area contributed by atoms with Crippen LogP contribution in [0.1, 0.15) is 13.8 Å². The van der Waals surface area contributed by atoms with E-state index in [0.29, 0.717) is 0 Å². The van der Waals surface area contributed by atoms with E-state index in [1.807, 2.05) is 26.0 Å². The number of allylic oxidation sites excluding steroid dienone is 4. The lowest BCUT2D eigenvalue weighted by molar-refractivity contribution is 1.02. The van der Waals surface area contributed by atoms with Crippen LogP contribution in [-0.2, 0) is 0 Å². The summed E-state index contributed by atoms with van der Waals surface area (Å²) < 4.78 is 0. The van der Waals surface area contributed by atoms with Crippen LogP contribution in [0, 0.1) is 0 Å². The third-order valence-corrected chi connectivity index (χ3v) is 3.24. The quantitative estimate of drug-likeness (QED) is 0.737. The van der Waals surface area contributed by atoms with Crippen LogP contribution < -0.4 is 5.32 Å². The van der Waals surface area contributed by atoms with Crippen molar-refractivity contribution >= 4 is 11.8 Å². The van der Waals surface area contributed by atoms with Gasteiger partial charge in [0.05, 0.1) is 5.70 Å². The average molecular weight is 205 g/mol. The fourth-order valence-electron chi connectivity index (χ4n) is 1.23. The van der Waals surface area contributed by atoms with Crippen molar-refractivity contribution in [1.82, 2.24) is 5.32 Å². The van der Waals surface area contributed by atoms with Crippen molar-refractivity contribution in [3.63, 3.8) is 0 Å². The highest BCUT2D eigenvalue weighted by atomic mass is 32.2.